The molecule has 0 aliphatic carbocycles. The minimum Gasteiger partial charge on any atom is -0.347 e. The Labute approximate surface area is 186 Å². The van der Waals surface area contributed by atoms with Crippen LogP contribution in [0.5, 0.6) is 0 Å². The summed E-state index contributed by atoms with van der Waals surface area (Å²) in [7, 11) is 0. The van der Waals surface area contributed by atoms with E-state index in [4.69, 9.17) is 16.1 Å². The average Bonchev–Trinajstić information content (AvgIpc) is 3.35. The van der Waals surface area contributed by atoms with Crippen LogP contribution in [0.4, 0.5) is 14.9 Å². The van der Waals surface area contributed by atoms with Gasteiger partial charge in [0, 0.05) is 6.42 Å². The molecule has 0 saturated carbocycles. The van der Waals surface area contributed by atoms with Gasteiger partial charge in [-0.05, 0) is 30.7 Å². The molecule has 1 aromatic heterocycles. The number of carbonyl (C=O) groups excluding carboxylic acids is 3. The van der Waals surface area contributed by atoms with E-state index < -0.39 is 23.8 Å². The van der Waals surface area contributed by atoms with Gasteiger partial charge >= 0.3 is 6.03 Å². The lowest BCUT2D eigenvalue weighted by Crippen LogP contribution is -2.32. The van der Waals surface area contributed by atoms with Gasteiger partial charge in [-0.1, -0.05) is 41.0 Å². The van der Waals surface area contributed by atoms with Gasteiger partial charge in [-0.25, -0.2) is 14.1 Å². The Kier molecular flexibility index (Phi) is 6.13. The van der Waals surface area contributed by atoms with Crippen molar-refractivity contribution >= 4 is 35.1 Å². The van der Waals surface area contributed by atoms with E-state index in [9.17, 15) is 18.8 Å². The zero-order valence-corrected chi connectivity index (χ0v) is 17.3. The van der Waals surface area contributed by atoms with Crippen LogP contribution in [0, 0.1) is 5.82 Å². The molecule has 1 atom stereocenters. The second-order valence-electron chi connectivity index (χ2n) is 6.94. The highest BCUT2D eigenvalue weighted by Crippen LogP contribution is 2.28. The fraction of sp³-hybridized carbons (Fsp3) is 0.190. The molecule has 0 radical (unpaired) electrons. The molecular formula is C21H17ClFN5O4. The van der Waals surface area contributed by atoms with Gasteiger partial charge in [0.15, 0.2) is 0 Å². The summed E-state index contributed by atoms with van der Waals surface area (Å²) >= 11 is 5.98. The average molecular weight is 458 g/mol. The second-order valence-corrected chi connectivity index (χ2v) is 7.34. The molecule has 3 aromatic rings. The zero-order chi connectivity index (χ0) is 22.7. The number of imide groups is 1. The molecule has 32 heavy (non-hydrogen) atoms. The van der Waals surface area contributed by atoms with Crippen LogP contribution < -0.4 is 15.5 Å². The molecule has 11 heteroatoms. The summed E-state index contributed by atoms with van der Waals surface area (Å²) in [5.41, 5.74) is 0.470. The molecule has 9 nitrogen and oxygen atoms in total. The second kappa shape index (κ2) is 9.15. The van der Waals surface area contributed by atoms with Gasteiger partial charge in [-0.2, -0.15) is 4.98 Å². The number of hydrogen-bond donors (Lipinski definition) is 2. The predicted octanol–water partition coefficient (Wildman–Crippen LogP) is 3.05. The number of benzene rings is 2. The van der Waals surface area contributed by atoms with Gasteiger partial charge in [0.1, 0.15) is 11.9 Å². The smallest absolute Gasteiger partial charge is 0.329 e. The molecule has 1 aliphatic heterocycles. The minimum atomic E-state index is -0.799. The Morgan fingerprint density at radius 2 is 1.97 bits per heavy atom. The number of rotatable bonds is 7. The summed E-state index contributed by atoms with van der Waals surface area (Å²) in [5.74, 6) is -1.36. The van der Waals surface area contributed by atoms with Gasteiger partial charge in [-0.15, -0.1) is 0 Å². The van der Waals surface area contributed by atoms with Crippen molar-refractivity contribution in [1.82, 2.24) is 20.8 Å². The van der Waals surface area contributed by atoms with Gasteiger partial charge in [0.25, 0.3) is 5.91 Å². The third-order valence-electron chi connectivity index (χ3n) is 4.78. The lowest BCUT2D eigenvalue weighted by molar-refractivity contribution is -0.122. The van der Waals surface area contributed by atoms with Crippen LogP contribution in [0.15, 0.2) is 53.1 Å². The summed E-state index contributed by atoms with van der Waals surface area (Å²) in [5, 5.41) is 8.99. The molecule has 1 saturated heterocycles. The van der Waals surface area contributed by atoms with Crippen LogP contribution >= 0.6 is 11.6 Å². The third-order valence-corrected chi connectivity index (χ3v) is 5.10. The Bertz CT molecular complexity index is 1150. The van der Waals surface area contributed by atoms with Gasteiger partial charge < -0.3 is 15.2 Å². The number of nitrogens with zero attached hydrogens (tertiary/aromatic N) is 3. The van der Waals surface area contributed by atoms with Gasteiger partial charge in [0.05, 0.1) is 22.8 Å². The SMILES string of the molecule is O=C(CC[C@@H]1NC(=O)N(c2ccccc2)C1=O)NCc1nc(-c2c(F)cccc2Cl)no1. The molecule has 4 rings (SSSR count). The van der Waals surface area contributed by atoms with E-state index in [-0.39, 0.29) is 47.6 Å². The molecule has 0 unspecified atom stereocenters. The first-order valence-electron chi connectivity index (χ1n) is 9.67. The van der Waals surface area contributed by atoms with E-state index in [1.54, 1.807) is 30.3 Å². The van der Waals surface area contributed by atoms with E-state index in [2.05, 4.69) is 20.8 Å². The lowest BCUT2D eigenvalue weighted by Gasteiger charge is -2.12. The van der Waals surface area contributed by atoms with Crippen LogP contribution in [-0.4, -0.2) is 34.0 Å². The van der Waals surface area contributed by atoms with Crippen molar-refractivity contribution in [3.05, 3.63) is 65.3 Å². The van der Waals surface area contributed by atoms with E-state index >= 15 is 0 Å². The van der Waals surface area contributed by atoms with Crippen LogP contribution in [0.1, 0.15) is 18.7 Å². The van der Waals surface area contributed by atoms with Crippen molar-refractivity contribution in [2.45, 2.75) is 25.4 Å². The molecule has 2 heterocycles. The zero-order valence-electron chi connectivity index (χ0n) is 16.5. The minimum absolute atomic E-state index is 0.00829. The number of carbonyl (C=O) groups is 3. The summed E-state index contributed by atoms with van der Waals surface area (Å²) in [6, 6.07) is 11.4. The van der Waals surface area contributed by atoms with E-state index in [1.807, 2.05) is 0 Å². The Balaban J connectivity index is 1.30. The van der Waals surface area contributed by atoms with Crippen molar-refractivity contribution in [1.29, 1.82) is 0 Å². The number of para-hydroxylation sites is 1. The monoisotopic (exact) mass is 457 g/mol. The number of aromatic nitrogens is 2. The standard InChI is InChI=1S/C21H17ClFN5O4/c22-13-7-4-8-14(23)18(13)19-26-17(32-27-19)11-24-16(29)10-9-15-20(30)28(21(31)25-15)12-5-2-1-3-6-12/h1-8,15H,9-11H2,(H,24,29)(H,25,31)/t15-/m0/s1. The molecule has 2 N–H and O–H groups in total. The van der Waals surface area contributed by atoms with Crippen LogP contribution in [0.3, 0.4) is 0 Å². The Morgan fingerprint density at radius 1 is 1.19 bits per heavy atom. The molecule has 0 bridgehead atoms. The van der Waals surface area contributed by atoms with Crippen molar-refractivity contribution in [3.8, 4) is 11.4 Å². The molecule has 1 aliphatic rings. The van der Waals surface area contributed by atoms with Crippen LogP contribution in [0.2, 0.25) is 5.02 Å². The molecule has 0 spiro atoms. The Morgan fingerprint density at radius 3 is 2.72 bits per heavy atom. The number of nitrogens with one attached hydrogen (secondary N) is 2. The first-order chi connectivity index (χ1) is 15.4. The van der Waals surface area contributed by atoms with Crippen molar-refractivity contribution in [3.63, 3.8) is 0 Å². The first-order valence-corrected chi connectivity index (χ1v) is 10.0. The Hall–Kier alpha value is -3.79. The maximum Gasteiger partial charge on any atom is 0.329 e. The highest BCUT2D eigenvalue weighted by Gasteiger charge is 2.38. The maximum atomic E-state index is 14.0. The fourth-order valence-electron chi connectivity index (χ4n) is 3.23. The van der Waals surface area contributed by atoms with Gasteiger partial charge in [-0.3, -0.25) is 9.59 Å². The van der Waals surface area contributed by atoms with Gasteiger partial charge in [0.2, 0.25) is 17.6 Å². The topological polar surface area (TPSA) is 117 Å². The van der Waals surface area contributed by atoms with Crippen LogP contribution in [-0.2, 0) is 16.1 Å². The number of halogens is 2. The lowest BCUT2D eigenvalue weighted by atomic mass is 10.1. The largest absolute Gasteiger partial charge is 0.347 e. The highest BCUT2D eigenvalue weighted by molar-refractivity contribution is 6.33. The van der Waals surface area contributed by atoms with E-state index in [0.717, 1.165) is 4.90 Å². The molecular weight excluding hydrogens is 441 g/mol. The predicted molar refractivity (Wildman–Crippen MR) is 112 cm³/mol. The van der Waals surface area contributed by atoms with E-state index in [0.29, 0.717) is 5.69 Å². The highest BCUT2D eigenvalue weighted by atomic mass is 35.5. The van der Waals surface area contributed by atoms with Crippen molar-refractivity contribution in [2.24, 2.45) is 0 Å². The summed E-state index contributed by atoms with van der Waals surface area (Å²) in [6.07, 6.45) is 0.110. The quantitative estimate of drug-likeness (QED) is 0.526. The molecule has 1 fully saturated rings. The number of urea groups is 1. The normalized spacial score (nSPS) is 15.7. The fourth-order valence-corrected chi connectivity index (χ4v) is 3.47. The first kappa shape index (κ1) is 21.4. The van der Waals surface area contributed by atoms with Crippen LogP contribution in [0.25, 0.3) is 11.4 Å². The number of amides is 4. The molecule has 2 aromatic carbocycles. The van der Waals surface area contributed by atoms with E-state index in [1.165, 1.54) is 18.2 Å². The summed E-state index contributed by atoms with van der Waals surface area (Å²) in [4.78, 5) is 42.0. The molecule has 164 valence electrons. The maximum absolute atomic E-state index is 14.0. The number of anilines is 1. The molecule has 4 amide bonds. The van der Waals surface area contributed by atoms with Crippen molar-refractivity contribution in [2.75, 3.05) is 4.90 Å². The number of hydrogen-bond acceptors (Lipinski definition) is 6. The third kappa shape index (κ3) is 4.45. The summed E-state index contributed by atoms with van der Waals surface area (Å²) in [6.45, 7) is -0.0843. The summed E-state index contributed by atoms with van der Waals surface area (Å²) < 4.78 is 19.0. The van der Waals surface area contributed by atoms with Crippen molar-refractivity contribution < 1.29 is 23.3 Å².